The van der Waals surface area contributed by atoms with E-state index in [1.54, 1.807) is 0 Å². The third-order valence-electron chi connectivity index (χ3n) is 9.78. The molecule has 6 atom stereocenters. The monoisotopic (exact) mass is 487 g/mol. The molecule has 192 valence electrons. The van der Waals surface area contributed by atoms with E-state index in [2.05, 4.69) is 18.7 Å². The predicted molar refractivity (Wildman–Crippen MR) is 130 cm³/mol. The van der Waals surface area contributed by atoms with E-state index in [1.807, 2.05) is 0 Å². The van der Waals surface area contributed by atoms with Gasteiger partial charge in [-0.2, -0.15) is 0 Å². The number of morpholine rings is 1. The molecule has 4 fully saturated rings. The molecule has 0 spiro atoms. The highest BCUT2D eigenvalue weighted by Crippen LogP contribution is 2.53. The zero-order chi connectivity index (χ0) is 23.6. The number of ether oxygens (including phenoxy) is 1. The molecule has 4 rings (SSSR count). The van der Waals surface area contributed by atoms with Crippen molar-refractivity contribution in [1.82, 2.24) is 4.90 Å². The number of unbranched alkanes of at least 4 members (excludes halogenated alkanes) is 1. The normalized spacial score (nSPS) is 44.7. The van der Waals surface area contributed by atoms with Crippen molar-refractivity contribution >= 4 is 9.84 Å². The highest BCUT2D eigenvalue weighted by Gasteiger charge is 2.57. The number of hydrogen-bond acceptors (Lipinski definition) is 5. The maximum atomic E-state index is 14.1. The second-order valence-electron chi connectivity index (χ2n) is 11.5. The van der Waals surface area contributed by atoms with Gasteiger partial charge in [0.25, 0.3) is 0 Å². The molecule has 1 N–H and O–H groups in total. The van der Waals surface area contributed by atoms with Gasteiger partial charge in [0, 0.05) is 24.5 Å². The Bertz CT molecular complexity index is 735. The minimum atomic E-state index is -3.32. The van der Waals surface area contributed by atoms with Gasteiger partial charge in [0.2, 0.25) is 0 Å². The summed E-state index contributed by atoms with van der Waals surface area (Å²) < 4.78 is 47.4. The molecule has 7 heteroatoms. The van der Waals surface area contributed by atoms with E-state index in [9.17, 15) is 17.9 Å². The zero-order valence-corrected chi connectivity index (χ0v) is 21.6. The molecular weight excluding hydrogens is 441 g/mol. The fourth-order valence-corrected chi connectivity index (χ4v) is 10.7. The van der Waals surface area contributed by atoms with E-state index < -0.39 is 27.5 Å². The van der Waals surface area contributed by atoms with Gasteiger partial charge in [0.15, 0.2) is 9.84 Å². The first-order chi connectivity index (χ1) is 15.8. The van der Waals surface area contributed by atoms with Crippen LogP contribution in [-0.2, 0) is 14.6 Å². The molecule has 0 aromatic carbocycles. The molecule has 2 saturated carbocycles. The Labute approximate surface area is 200 Å². The predicted octanol–water partition coefficient (Wildman–Crippen LogP) is 4.38. The Kier molecular flexibility index (Phi) is 8.45. The van der Waals surface area contributed by atoms with Crippen LogP contribution < -0.4 is 0 Å². The van der Waals surface area contributed by atoms with Gasteiger partial charge in [-0.05, 0) is 75.5 Å². The molecule has 2 aliphatic heterocycles. The van der Waals surface area contributed by atoms with Crippen molar-refractivity contribution in [2.24, 2.45) is 23.2 Å². The molecule has 5 nitrogen and oxygen atoms in total. The van der Waals surface area contributed by atoms with E-state index in [0.717, 1.165) is 71.2 Å². The van der Waals surface area contributed by atoms with Crippen molar-refractivity contribution in [3.63, 3.8) is 0 Å². The number of aliphatic hydroxyl groups excluding tert-OH is 1. The molecule has 3 unspecified atom stereocenters. The van der Waals surface area contributed by atoms with E-state index in [1.165, 1.54) is 0 Å². The lowest BCUT2D eigenvalue weighted by molar-refractivity contribution is -0.0753. The Hall–Kier alpha value is -0.240. The lowest BCUT2D eigenvalue weighted by Crippen LogP contribution is -2.52. The summed E-state index contributed by atoms with van der Waals surface area (Å²) in [5.74, 6) is 0.280. The Morgan fingerprint density at radius 3 is 2.39 bits per heavy atom. The largest absolute Gasteiger partial charge is 0.392 e. The van der Waals surface area contributed by atoms with Crippen molar-refractivity contribution < 1.29 is 22.7 Å². The van der Waals surface area contributed by atoms with Crippen LogP contribution in [0.1, 0.15) is 84.5 Å². The Morgan fingerprint density at radius 1 is 1.06 bits per heavy atom. The van der Waals surface area contributed by atoms with Gasteiger partial charge in [-0.1, -0.05) is 26.7 Å². The van der Waals surface area contributed by atoms with Crippen molar-refractivity contribution in [3.8, 4) is 0 Å². The van der Waals surface area contributed by atoms with Crippen LogP contribution in [0.4, 0.5) is 4.39 Å². The summed E-state index contributed by atoms with van der Waals surface area (Å²) in [5.41, 5.74) is -0.572. The molecule has 33 heavy (non-hydrogen) atoms. The highest BCUT2D eigenvalue weighted by atomic mass is 32.2. The summed E-state index contributed by atoms with van der Waals surface area (Å²) in [6.07, 6.45) is 7.15. The average molecular weight is 488 g/mol. The maximum Gasteiger partial charge on any atom is 0.154 e. The van der Waals surface area contributed by atoms with Gasteiger partial charge in [-0.3, -0.25) is 4.90 Å². The topological polar surface area (TPSA) is 66.8 Å². The maximum absolute atomic E-state index is 14.1. The molecule has 2 aliphatic carbocycles. The fourth-order valence-electron chi connectivity index (χ4n) is 7.82. The molecule has 2 saturated heterocycles. The minimum Gasteiger partial charge on any atom is -0.392 e. The van der Waals surface area contributed by atoms with Gasteiger partial charge in [0.05, 0.1) is 30.3 Å². The van der Waals surface area contributed by atoms with Gasteiger partial charge < -0.3 is 9.84 Å². The summed E-state index contributed by atoms with van der Waals surface area (Å²) in [6.45, 7) is 7.49. The third kappa shape index (κ3) is 5.31. The van der Waals surface area contributed by atoms with Crippen LogP contribution in [0.2, 0.25) is 0 Å². The lowest BCUT2D eigenvalue weighted by atomic mass is 9.60. The highest BCUT2D eigenvalue weighted by molar-refractivity contribution is 7.92. The van der Waals surface area contributed by atoms with Gasteiger partial charge in [0.1, 0.15) is 6.17 Å². The molecule has 0 radical (unpaired) electrons. The molecule has 4 aliphatic rings. The Balaban J connectivity index is 1.70. The van der Waals surface area contributed by atoms with E-state index in [0.29, 0.717) is 31.7 Å². The van der Waals surface area contributed by atoms with Crippen LogP contribution in [-0.4, -0.2) is 74.0 Å². The first kappa shape index (κ1) is 25.8. The van der Waals surface area contributed by atoms with Gasteiger partial charge in [-0.15, -0.1) is 0 Å². The standard InChI is InChI=1S/C26H46FNO4S/c1-3-5-12-26(4-2)18-33(30,31)23-11-10-21(28-13-15-32-16-14-28)17-22(23)24(25(26)29)19-6-8-20(27)9-7-19/h19-25,29H,3-18H2,1-2H3/t19?,20?,21?,22?,23?,24-,25-,26-/m1/s1. The SMILES string of the molecule is CCCC[C@]1(CC)CS(=O)(=O)C2CCC(N3CCOCC3)CC2[C@@H](C2CCC(F)CC2)[C@H]1O. The number of fused-ring (bicyclic) bond motifs is 1. The van der Waals surface area contributed by atoms with Crippen molar-refractivity contribution in [3.05, 3.63) is 0 Å². The number of aliphatic hydroxyl groups is 1. The summed E-state index contributed by atoms with van der Waals surface area (Å²) >= 11 is 0. The molecule has 0 bridgehead atoms. The van der Waals surface area contributed by atoms with Crippen molar-refractivity contribution in [1.29, 1.82) is 0 Å². The first-order valence-corrected chi connectivity index (χ1v) is 15.4. The number of sulfone groups is 1. The number of rotatable bonds is 6. The fraction of sp³-hybridized carbons (Fsp3) is 1.00. The molecule has 0 aromatic rings. The summed E-state index contributed by atoms with van der Waals surface area (Å²) in [7, 11) is -3.32. The Morgan fingerprint density at radius 2 is 1.76 bits per heavy atom. The summed E-state index contributed by atoms with van der Waals surface area (Å²) in [6, 6.07) is 0.363. The number of alkyl halides is 1. The number of hydrogen-bond donors (Lipinski definition) is 1. The van der Waals surface area contributed by atoms with Crippen LogP contribution in [0.15, 0.2) is 0 Å². The second-order valence-corrected chi connectivity index (χ2v) is 13.7. The van der Waals surface area contributed by atoms with Crippen molar-refractivity contribution in [2.75, 3.05) is 32.1 Å². The van der Waals surface area contributed by atoms with E-state index in [4.69, 9.17) is 4.74 Å². The first-order valence-electron chi connectivity index (χ1n) is 13.7. The molecule has 0 aromatic heterocycles. The van der Waals surface area contributed by atoms with Crippen LogP contribution in [0.25, 0.3) is 0 Å². The zero-order valence-electron chi connectivity index (χ0n) is 20.8. The summed E-state index contributed by atoms with van der Waals surface area (Å²) in [4.78, 5) is 2.49. The van der Waals surface area contributed by atoms with E-state index >= 15 is 0 Å². The van der Waals surface area contributed by atoms with E-state index in [-0.39, 0.29) is 28.8 Å². The van der Waals surface area contributed by atoms with Crippen LogP contribution in [0, 0.1) is 23.2 Å². The smallest absolute Gasteiger partial charge is 0.154 e. The molecule has 2 heterocycles. The van der Waals surface area contributed by atoms with Gasteiger partial charge in [-0.25, -0.2) is 12.8 Å². The van der Waals surface area contributed by atoms with Crippen LogP contribution in [0.3, 0.4) is 0 Å². The summed E-state index contributed by atoms with van der Waals surface area (Å²) in [5, 5.41) is 11.7. The third-order valence-corrected chi connectivity index (χ3v) is 12.3. The molecule has 0 amide bonds. The average Bonchev–Trinajstić information content (AvgIpc) is 2.90. The quantitative estimate of drug-likeness (QED) is 0.602. The van der Waals surface area contributed by atoms with Gasteiger partial charge >= 0.3 is 0 Å². The second kappa shape index (κ2) is 10.8. The van der Waals surface area contributed by atoms with Crippen LogP contribution >= 0.6 is 0 Å². The van der Waals surface area contributed by atoms with Crippen LogP contribution in [0.5, 0.6) is 0 Å². The lowest BCUT2D eigenvalue weighted by Gasteiger charge is -2.48. The molecular formula is C26H46FNO4S. The number of nitrogens with zero attached hydrogens (tertiary/aromatic N) is 1. The minimum absolute atomic E-state index is 0.0252. The van der Waals surface area contributed by atoms with Crippen molar-refractivity contribution in [2.45, 2.75) is 108 Å². The number of halogens is 1.